The molecule has 5 heteroatoms. The van der Waals surface area contributed by atoms with Gasteiger partial charge in [-0.15, -0.1) is 0 Å². The first kappa shape index (κ1) is 16.8. The third-order valence-corrected chi connectivity index (χ3v) is 4.06. The molecule has 0 aliphatic rings. The summed E-state index contributed by atoms with van der Waals surface area (Å²) in [6.07, 6.45) is 3.92. The van der Waals surface area contributed by atoms with Crippen molar-refractivity contribution in [1.82, 2.24) is 14.9 Å². The van der Waals surface area contributed by atoms with E-state index < -0.39 is 0 Å². The highest BCUT2D eigenvalue weighted by Gasteiger charge is 2.21. The lowest BCUT2D eigenvalue weighted by Gasteiger charge is -2.20. The highest BCUT2D eigenvalue weighted by atomic mass is 16.5. The smallest absolute Gasteiger partial charge is 0.225 e. The number of benzene rings is 2. The van der Waals surface area contributed by atoms with Crippen LogP contribution < -0.4 is 10.1 Å². The maximum atomic E-state index is 12.6. The Morgan fingerprint density at radius 3 is 2.68 bits per heavy atom. The molecule has 1 atom stereocenters. The van der Waals surface area contributed by atoms with Gasteiger partial charge in [0.05, 0.1) is 13.5 Å². The van der Waals surface area contributed by atoms with Crippen LogP contribution in [-0.4, -0.2) is 22.6 Å². The number of hydrogen-bond donors (Lipinski definition) is 1. The normalized spacial score (nSPS) is 11.8. The summed E-state index contributed by atoms with van der Waals surface area (Å²) < 4.78 is 7.22. The molecule has 1 amide bonds. The molecule has 5 nitrogen and oxygen atoms in total. The number of methoxy groups -OCH3 is 1. The first-order valence-electron chi connectivity index (χ1n) is 8.12. The number of ether oxygens (including phenoxy) is 1. The van der Waals surface area contributed by atoms with Gasteiger partial charge in [-0.05, 0) is 23.3 Å². The van der Waals surface area contributed by atoms with Crippen LogP contribution in [0.1, 0.15) is 23.0 Å². The minimum atomic E-state index is -0.341. The fourth-order valence-electron chi connectivity index (χ4n) is 2.77. The second-order valence-electron chi connectivity index (χ2n) is 5.84. The molecule has 0 saturated heterocycles. The summed E-state index contributed by atoms with van der Waals surface area (Å²) in [5.74, 6) is 1.46. The Morgan fingerprint density at radius 2 is 2.00 bits per heavy atom. The third kappa shape index (κ3) is 4.07. The van der Waals surface area contributed by atoms with Gasteiger partial charge < -0.3 is 14.6 Å². The second kappa shape index (κ2) is 7.66. The van der Waals surface area contributed by atoms with Crippen LogP contribution in [0.3, 0.4) is 0 Å². The number of imidazole rings is 1. The van der Waals surface area contributed by atoms with E-state index in [-0.39, 0.29) is 11.9 Å². The Kier molecular flexibility index (Phi) is 5.14. The Balaban J connectivity index is 1.86. The summed E-state index contributed by atoms with van der Waals surface area (Å²) in [5, 5.41) is 3.10. The maximum Gasteiger partial charge on any atom is 0.225 e. The number of carbonyl (C=O) groups is 1. The van der Waals surface area contributed by atoms with Crippen molar-refractivity contribution in [3.8, 4) is 5.75 Å². The number of nitrogens with zero attached hydrogens (tertiary/aromatic N) is 2. The molecule has 0 saturated carbocycles. The van der Waals surface area contributed by atoms with Gasteiger partial charge in [0.15, 0.2) is 0 Å². The van der Waals surface area contributed by atoms with Crippen molar-refractivity contribution in [2.45, 2.75) is 12.5 Å². The van der Waals surface area contributed by atoms with Crippen LogP contribution in [0.4, 0.5) is 0 Å². The Hall–Kier alpha value is -3.08. The summed E-state index contributed by atoms with van der Waals surface area (Å²) >= 11 is 0. The Bertz CT molecular complexity index is 843. The van der Waals surface area contributed by atoms with Crippen molar-refractivity contribution in [2.75, 3.05) is 7.11 Å². The predicted octanol–water partition coefficient (Wildman–Crippen LogP) is 2.88. The van der Waals surface area contributed by atoms with Crippen LogP contribution in [0.15, 0.2) is 67.0 Å². The van der Waals surface area contributed by atoms with E-state index in [0.29, 0.717) is 6.42 Å². The molecule has 0 unspecified atom stereocenters. The van der Waals surface area contributed by atoms with Gasteiger partial charge >= 0.3 is 0 Å². The molecule has 25 heavy (non-hydrogen) atoms. The van der Waals surface area contributed by atoms with Gasteiger partial charge in [0, 0.05) is 19.4 Å². The van der Waals surface area contributed by atoms with Gasteiger partial charge in [0.2, 0.25) is 5.91 Å². The summed E-state index contributed by atoms with van der Waals surface area (Å²) in [6.45, 7) is 0. The highest BCUT2D eigenvalue weighted by Crippen LogP contribution is 2.24. The molecule has 0 radical (unpaired) electrons. The molecule has 1 aromatic heterocycles. The Morgan fingerprint density at radius 1 is 1.20 bits per heavy atom. The molecule has 0 spiro atoms. The predicted molar refractivity (Wildman–Crippen MR) is 96.3 cm³/mol. The Labute approximate surface area is 147 Å². The average Bonchev–Trinajstić information content (AvgIpc) is 3.06. The maximum absolute atomic E-state index is 12.6. The lowest BCUT2D eigenvalue weighted by Crippen LogP contribution is -2.32. The molecule has 2 aromatic carbocycles. The van der Waals surface area contributed by atoms with Gasteiger partial charge in [-0.3, -0.25) is 4.79 Å². The topological polar surface area (TPSA) is 56.1 Å². The molecule has 0 bridgehead atoms. The second-order valence-corrected chi connectivity index (χ2v) is 5.84. The van der Waals surface area contributed by atoms with E-state index in [9.17, 15) is 4.79 Å². The number of aromatic nitrogens is 2. The zero-order chi connectivity index (χ0) is 17.6. The number of rotatable bonds is 6. The SMILES string of the molecule is COc1cccc([C@@H](NC(=O)Cc2ccccc2)c2nccn2C)c1. The van der Waals surface area contributed by atoms with Gasteiger partial charge in [-0.25, -0.2) is 4.98 Å². The average molecular weight is 335 g/mol. The van der Waals surface area contributed by atoms with Crippen molar-refractivity contribution in [2.24, 2.45) is 7.05 Å². The monoisotopic (exact) mass is 335 g/mol. The largest absolute Gasteiger partial charge is 0.497 e. The number of aryl methyl sites for hydroxylation is 1. The molecule has 128 valence electrons. The number of hydrogen-bond acceptors (Lipinski definition) is 3. The fourth-order valence-corrected chi connectivity index (χ4v) is 2.77. The van der Waals surface area contributed by atoms with E-state index in [2.05, 4.69) is 10.3 Å². The first-order valence-corrected chi connectivity index (χ1v) is 8.12. The molecular formula is C20H21N3O2. The van der Waals surface area contributed by atoms with E-state index in [1.807, 2.05) is 72.4 Å². The first-order chi connectivity index (χ1) is 12.2. The lowest BCUT2D eigenvalue weighted by atomic mass is 10.0. The van der Waals surface area contributed by atoms with E-state index in [0.717, 1.165) is 22.7 Å². The van der Waals surface area contributed by atoms with Crippen molar-refractivity contribution in [3.63, 3.8) is 0 Å². The van der Waals surface area contributed by atoms with Crippen LogP contribution in [0.5, 0.6) is 5.75 Å². The molecular weight excluding hydrogens is 314 g/mol. The summed E-state index contributed by atoms with van der Waals surface area (Å²) in [5.41, 5.74) is 1.90. The molecule has 0 aliphatic heterocycles. The molecule has 3 aromatic rings. The van der Waals surface area contributed by atoms with Crippen LogP contribution in [0.2, 0.25) is 0 Å². The van der Waals surface area contributed by atoms with E-state index in [4.69, 9.17) is 4.74 Å². The van der Waals surface area contributed by atoms with Crippen LogP contribution >= 0.6 is 0 Å². The third-order valence-electron chi connectivity index (χ3n) is 4.06. The van der Waals surface area contributed by atoms with Crippen LogP contribution in [-0.2, 0) is 18.3 Å². The zero-order valence-electron chi connectivity index (χ0n) is 14.3. The summed E-state index contributed by atoms with van der Waals surface area (Å²) in [4.78, 5) is 17.0. The van der Waals surface area contributed by atoms with Crippen molar-refractivity contribution in [1.29, 1.82) is 0 Å². The van der Waals surface area contributed by atoms with Crippen molar-refractivity contribution < 1.29 is 9.53 Å². The van der Waals surface area contributed by atoms with E-state index >= 15 is 0 Å². The summed E-state index contributed by atoms with van der Waals surface area (Å²) in [7, 11) is 3.54. The molecule has 1 heterocycles. The van der Waals surface area contributed by atoms with E-state index in [1.54, 1.807) is 13.3 Å². The molecule has 0 aliphatic carbocycles. The summed E-state index contributed by atoms with van der Waals surface area (Å²) in [6, 6.07) is 17.0. The van der Waals surface area contributed by atoms with Crippen LogP contribution in [0, 0.1) is 0 Å². The van der Waals surface area contributed by atoms with Gasteiger partial charge in [0.1, 0.15) is 17.6 Å². The van der Waals surface area contributed by atoms with Gasteiger partial charge in [0.25, 0.3) is 0 Å². The van der Waals surface area contributed by atoms with Crippen molar-refractivity contribution >= 4 is 5.91 Å². The minimum absolute atomic E-state index is 0.0537. The lowest BCUT2D eigenvalue weighted by molar-refractivity contribution is -0.121. The van der Waals surface area contributed by atoms with Gasteiger partial charge in [-0.1, -0.05) is 42.5 Å². The van der Waals surface area contributed by atoms with Crippen molar-refractivity contribution in [3.05, 3.63) is 83.9 Å². The minimum Gasteiger partial charge on any atom is -0.497 e. The zero-order valence-corrected chi connectivity index (χ0v) is 14.3. The number of amides is 1. The molecule has 3 rings (SSSR count). The standard InChI is InChI=1S/C20H21N3O2/c1-23-12-11-21-20(23)19(16-9-6-10-17(14-16)25-2)22-18(24)13-15-7-4-3-5-8-15/h3-12,14,19H,13H2,1-2H3,(H,22,24)/t19-/m1/s1. The van der Waals surface area contributed by atoms with Gasteiger partial charge in [-0.2, -0.15) is 0 Å². The van der Waals surface area contributed by atoms with Crippen LogP contribution in [0.25, 0.3) is 0 Å². The highest BCUT2D eigenvalue weighted by molar-refractivity contribution is 5.79. The molecule has 0 fully saturated rings. The quantitative estimate of drug-likeness (QED) is 0.753. The number of carbonyl (C=O) groups excluding carboxylic acids is 1. The fraction of sp³-hybridized carbons (Fsp3) is 0.200. The van der Waals surface area contributed by atoms with E-state index in [1.165, 1.54) is 0 Å². The number of nitrogens with one attached hydrogen (secondary N) is 1. The molecule has 1 N–H and O–H groups in total.